The third-order valence-corrected chi connectivity index (χ3v) is 3.90. The van der Waals surface area contributed by atoms with Gasteiger partial charge in [0.15, 0.2) is 0 Å². The van der Waals surface area contributed by atoms with E-state index >= 15 is 0 Å². The van der Waals surface area contributed by atoms with Crippen LogP contribution in [0.4, 0.5) is 5.69 Å². The maximum Gasteiger partial charge on any atom is 0.256 e. The molecular formula is C12H11N2O4S-. The molecule has 0 saturated carbocycles. The van der Waals surface area contributed by atoms with E-state index in [9.17, 15) is 13.6 Å². The molecule has 100 valence electrons. The average molecular weight is 279 g/mol. The van der Waals surface area contributed by atoms with Gasteiger partial charge in [-0.25, -0.2) is 8.42 Å². The lowest BCUT2D eigenvalue weighted by molar-refractivity contribution is 0.416. The van der Waals surface area contributed by atoms with Gasteiger partial charge < -0.3 is 14.4 Å². The van der Waals surface area contributed by atoms with Gasteiger partial charge in [-0.3, -0.25) is 4.98 Å². The number of nitrogens with zero attached hydrogens (tertiary/aromatic N) is 2. The Labute approximate surface area is 110 Å². The van der Waals surface area contributed by atoms with Crippen molar-refractivity contribution >= 4 is 15.7 Å². The molecule has 0 fully saturated rings. The fraction of sp³-hybridized carbons (Fsp3) is 0.0833. The van der Waals surface area contributed by atoms with E-state index in [1.807, 2.05) is 0 Å². The summed E-state index contributed by atoms with van der Waals surface area (Å²) in [4.78, 5) is 3.52. The molecular weight excluding hydrogens is 268 g/mol. The molecule has 0 N–H and O–H groups in total. The Bertz CT molecular complexity index is 658. The fourth-order valence-corrected chi connectivity index (χ4v) is 2.55. The van der Waals surface area contributed by atoms with E-state index in [0.717, 1.165) is 6.20 Å². The molecule has 0 unspecified atom stereocenters. The Morgan fingerprint density at radius 1 is 1.21 bits per heavy atom. The normalized spacial score (nSPS) is 11.1. The van der Waals surface area contributed by atoms with Crippen molar-refractivity contribution in [2.24, 2.45) is 0 Å². The predicted octanol–water partition coefficient (Wildman–Crippen LogP) is 1.78. The lowest BCUT2D eigenvalue weighted by Gasteiger charge is -2.30. The van der Waals surface area contributed by atoms with Gasteiger partial charge in [-0.05, 0) is 24.3 Å². The first-order valence-corrected chi connectivity index (χ1v) is 6.77. The number of sulfonamides is 1. The highest BCUT2D eigenvalue weighted by molar-refractivity contribution is 7.93. The number of hydrogen-bond donors (Lipinski definition) is 0. The van der Waals surface area contributed by atoms with E-state index in [1.165, 1.54) is 37.6 Å². The van der Waals surface area contributed by atoms with Crippen molar-refractivity contribution in [2.75, 3.05) is 11.6 Å². The molecule has 2 aromatic rings. The third kappa shape index (κ3) is 2.51. The molecule has 0 aliphatic carbocycles. The number of benzene rings is 1. The van der Waals surface area contributed by atoms with Gasteiger partial charge in [0.1, 0.15) is 10.6 Å². The van der Waals surface area contributed by atoms with Gasteiger partial charge in [0.05, 0.1) is 12.8 Å². The van der Waals surface area contributed by atoms with Gasteiger partial charge in [0.25, 0.3) is 10.0 Å². The summed E-state index contributed by atoms with van der Waals surface area (Å²) >= 11 is 0. The molecule has 0 spiro atoms. The van der Waals surface area contributed by atoms with E-state index in [1.54, 1.807) is 12.1 Å². The molecule has 2 rings (SSSR count). The average Bonchev–Trinajstić information content (AvgIpc) is 2.47. The third-order valence-electron chi connectivity index (χ3n) is 2.43. The molecule has 19 heavy (non-hydrogen) atoms. The Morgan fingerprint density at radius 2 is 1.95 bits per heavy atom. The van der Waals surface area contributed by atoms with Gasteiger partial charge in [-0.2, -0.15) is 0 Å². The number of anilines is 1. The van der Waals surface area contributed by atoms with Crippen LogP contribution in [0.15, 0.2) is 53.7 Å². The smallest absolute Gasteiger partial charge is 0.256 e. The van der Waals surface area contributed by atoms with Crippen molar-refractivity contribution in [2.45, 2.75) is 4.90 Å². The van der Waals surface area contributed by atoms with Crippen LogP contribution in [-0.4, -0.2) is 20.5 Å². The summed E-state index contributed by atoms with van der Waals surface area (Å²) in [5.74, 6) is 0.185. The number of methoxy groups -OCH3 is 1. The Hall–Kier alpha value is -2.12. The molecule has 0 aliphatic rings. The zero-order valence-corrected chi connectivity index (χ0v) is 10.9. The molecule has 6 nitrogen and oxygen atoms in total. The zero-order valence-electron chi connectivity index (χ0n) is 10.1. The SMILES string of the molecule is COc1ccccc1N([O-])S(=O)(=O)c1cccnc1. The lowest BCUT2D eigenvalue weighted by atomic mass is 10.3. The van der Waals surface area contributed by atoms with Crippen molar-refractivity contribution < 1.29 is 13.2 Å². The Kier molecular flexibility index (Phi) is 3.68. The van der Waals surface area contributed by atoms with Crippen molar-refractivity contribution in [3.05, 3.63) is 54.0 Å². The minimum Gasteiger partial charge on any atom is -0.744 e. The second-order valence-corrected chi connectivity index (χ2v) is 5.35. The molecule has 7 heteroatoms. The number of aromatic nitrogens is 1. The number of rotatable bonds is 4. The van der Waals surface area contributed by atoms with E-state index < -0.39 is 10.0 Å². The maximum atomic E-state index is 12.1. The van der Waals surface area contributed by atoms with Crippen LogP contribution in [0.5, 0.6) is 5.75 Å². The van der Waals surface area contributed by atoms with Crippen molar-refractivity contribution in [1.29, 1.82) is 0 Å². The van der Waals surface area contributed by atoms with Gasteiger partial charge in [0, 0.05) is 12.4 Å². The minimum absolute atomic E-state index is 0.0666. The number of ether oxygens (including phenoxy) is 1. The molecule has 1 aromatic heterocycles. The number of para-hydroxylation sites is 2. The second kappa shape index (κ2) is 5.25. The second-order valence-electron chi connectivity index (χ2n) is 3.59. The van der Waals surface area contributed by atoms with Crippen LogP contribution in [0.2, 0.25) is 0 Å². The van der Waals surface area contributed by atoms with E-state index in [-0.39, 0.29) is 20.8 Å². The maximum absolute atomic E-state index is 12.1. The summed E-state index contributed by atoms with van der Waals surface area (Å²) in [6.45, 7) is 0. The highest BCUT2D eigenvalue weighted by Gasteiger charge is 2.19. The van der Waals surface area contributed by atoms with E-state index in [4.69, 9.17) is 4.74 Å². The van der Waals surface area contributed by atoms with E-state index in [0.29, 0.717) is 0 Å². The molecule has 1 heterocycles. The summed E-state index contributed by atoms with van der Waals surface area (Å²) in [6, 6.07) is 8.85. The molecule has 0 radical (unpaired) electrons. The van der Waals surface area contributed by atoms with Crippen LogP contribution in [0.1, 0.15) is 0 Å². The molecule has 0 aliphatic heterocycles. The summed E-state index contributed by atoms with van der Waals surface area (Å²) < 4.78 is 29.1. The summed E-state index contributed by atoms with van der Waals surface area (Å²) in [7, 11) is -2.82. The van der Waals surface area contributed by atoms with Crippen LogP contribution in [-0.2, 0) is 10.0 Å². The first kappa shape index (κ1) is 13.3. The molecule has 0 bridgehead atoms. The monoisotopic (exact) mass is 279 g/mol. The van der Waals surface area contributed by atoms with Gasteiger partial charge >= 0.3 is 0 Å². The summed E-state index contributed by atoms with van der Waals surface area (Å²) in [6.07, 6.45) is 2.55. The lowest BCUT2D eigenvalue weighted by Crippen LogP contribution is -2.25. The first-order valence-electron chi connectivity index (χ1n) is 5.33. The van der Waals surface area contributed by atoms with Crippen molar-refractivity contribution in [3.63, 3.8) is 0 Å². The van der Waals surface area contributed by atoms with Crippen molar-refractivity contribution in [3.8, 4) is 5.75 Å². The van der Waals surface area contributed by atoms with Crippen LogP contribution in [0.25, 0.3) is 0 Å². The van der Waals surface area contributed by atoms with Gasteiger partial charge in [0.2, 0.25) is 0 Å². The first-order chi connectivity index (χ1) is 9.07. The summed E-state index contributed by atoms with van der Waals surface area (Å²) in [5.41, 5.74) is -0.0751. The number of pyridine rings is 1. The van der Waals surface area contributed by atoms with E-state index in [2.05, 4.69) is 4.98 Å². The van der Waals surface area contributed by atoms with Gasteiger partial charge in [-0.15, -0.1) is 0 Å². The fourth-order valence-electron chi connectivity index (χ4n) is 1.51. The Balaban J connectivity index is 2.47. The van der Waals surface area contributed by atoms with Crippen LogP contribution in [0, 0.1) is 5.21 Å². The number of hydrogen-bond acceptors (Lipinski definition) is 5. The van der Waals surface area contributed by atoms with Crippen LogP contribution < -0.4 is 9.21 Å². The summed E-state index contributed by atoms with van der Waals surface area (Å²) in [5, 5.41) is 12.1. The topological polar surface area (TPSA) is 82.6 Å². The molecule has 0 saturated heterocycles. The van der Waals surface area contributed by atoms with Crippen LogP contribution >= 0.6 is 0 Å². The van der Waals surface area contributed by atoms with Crippen molar-refractivity contribution in [1.82, 2.24) is 4.98 Å². The van der Waals surface area contributed by atoms with Gasteiger partial charge in [-0.1, -0.05) is 12.1 Å². The zero-order chi connectivity index (χ0) is 13.9. The van der Waals surface area contributed by atoms with Crippen LogP contribution in [0.3, 0.4) is 0 Å². The highest BCUT2D eigenvalue weighted by Crippen LogP contribution is 2.30. The molecule has 0 amide bonds. The largest absolute Gasteiger partial charge is 0.744 e. The quantitative estimate of drug-likeness (QED) is 0.797. The predicted molar refractivity (Wildman–Crippen MR) is 70.3 cm³/mol. The Morgan fingerprint density at radius 3 is 2.58 bits per heavy atom. The minimum atomic E-state index is -4.19. The molecule has 0 atom stereocenters. The standard InChI is InChI=1S/C12H11N2O4S/c1-18-12-7-3-2-6-11(12)14(15)19(16,17)10-5-4-8-13-9-10/h2-9H,1H3/q-1. The highest BCUT2D eigenvalue weighted by atomic mass is 32.2. The molecule has 1 aromatic carbocycles.